The van der Waals surface area contributed by atoms with Crippen LogP contribution in [-0.2, 0) is 55.0 Å². The molecule has 0 radical (unpaired) electrons. The second-order valence-corrected chi connectivity index (χ2v) is 19.2. The first-order valence-electron chi connectivity index (χ1n) is 20.9. The summed E-state index contributed by atoms with van der Waals surface area (Å²) in [7, 11) is 4.18. The maximum Gasteiger partial charge on any atom is 1.00 e. The van der Waals surface area contributed by atoms with Crippen molar-refractivity contribution in [1.29, 1.82) is 0 Å². The van der Waals surface area contributed by atoms with Gasteiger partial charge in [-0.2, -0.15) is 0 Å². The first-order chi connectivity index (χ1) is 27.9. The molecule has 0 saturated heterocycles. The average molecular weight is 885 g/mol. The monoisotopic (exact) mass is 885 g/mol. The van der Waals surface area contributed by atoms with E-state index in [1.54, 1.807) is 55.1 Å². The number of methoxy groups -OCH3 is 6. The minimum absolute atomic E-state index is 0. The fraction of sp³-hybridized carbons (Fsp3) is 0.900. The van der Waals surface area contributed by atoms with E-state index >= 15 is 0 Å². The molecule has 0 fully saturated rings. The van der Waals surface area contributed by atoms with Crippen molar-refractivity contribution in [2.75, 3.05) is 122 Å². The fourth-order valence-corrected chi connectivity index (χ4v) is 10.6. The first-order valence-corrected chi connectivity index (χ1v) is 24.3. The smallest absolute Gasteiger partial charge is 0.690 e. The standard InChI is InChI=1S/C16H34N2O4Si.C16H36O8Si.C8H16N2.2Li/c1-15(2)17-9-10-18(16(3)4)23(17,21-13-7-11-19-5)22-14-8-12-20-6;1-17-9-5-13-21-25(22-14-6-10-18-2,23-15-7-11-19-3)24-16-8-12-20-4;1-7(2)9-5-6-10-8(3)4;;/h9-10,15-16H,7-8,11-14H2,1-6H3;5-16H2,1-4H3;5-8H,1-4H3;;/q;;-2;2*+1/b;;6-5-;;. The van der Waals surface area contributed by atoms with E-state index in [4.69, 9.17) is 55.0 Å². The molecule has 0 atom stereocenters. The number of hydrogen-bond acceptors (Lipinski definition) is 14. The third-order valence-corrected chi connectivity index (χ3v) is 13.7. The van der Waals surface area contributed by atoms with Crippen LogP contribution in [0.2, 0.25) is 0 Å². The van der Waals surface area contributed by atoms with Crippen molar-refractivity contribution >= 4 is 17.9 Å². The van der Waals surface area contributed by atoms with Crippen LogP contribution in [0, 0.1) is 0 Å². The van der Waals surface area contributed by atoms with E-state index < -0.39 is 17.9 Å². The normalized spacial score (nSPS) is 13.4. The van der Waals surface area contributed by atoms with Crippen LogP contribution < -0.4 is 37.7 Å². The predicted octanol–water partition coefficient (Wildman–Crippen LogP) is 1.10. The Morgan fingerprint density at radius 1 is 0.433 bits per heavy atom. The summed E-state index contributed by atoms with van der Waals surface area (Å²) < 4.78 is 71.6. The Morgan fingerprint density at radius 2 is 0.683 bits per heavy atom. The molecule has 0 unspecified atom stereocenters. The van der Waals surface area contributed by atoms with Crippen molar-refractivity contribution in [2.45, 2.75) is 118 Å². The molecule has 0 N–H and O–H groups in total. The van der Waals surface area contributed by atoms with E-state index in [0.29, 0.717) is 103 Å². The minimum Gasteiger partial charge on any atom is -0.690 e. The molecule has 0 spiro atoms. The first kappa shape index (κ1) is 66.4. The minimum atomic E-state index is -3.22. The number of ether oxygens (including phenoxy) is 6. The van der Waals surface area contributed by atoms with Gasteiger partial charge in [0.15, 0.2) is 0 Å². The summed E-state index contributed by atoms with van der Waals surface area (Å²) in [5.74, 6) is 0. The van der Waals surface area contributed by atoms with Crippen LogP contribution in [0.4, 0.5) is 0 Å². The van der Waals surface area contributed by atoms with Gasteiger partial charge < -0.3 is 74.7 Å². The molecule has 1 rings (SSSR count). The molecule has 16 nitrogen and oxygen atoms in total. The third-order valence-electron chi connectivity index (χ3n) is 7.64. The molecule has 0 aromatic rings. The van der Waals surface area contributed by atoms with Gasteiger partial charge >= 0.3 is 55.7 Å². The van der Waals surface area contributed by atoms with Gasteiger partial charge in [0.05, 0.1) is 0 Å². The van der Waals surface area contributed by atoms with Crippen molar-refractivity contribution in [3.8, 4) is 0 Å². The maximum absolute atomic E-state index is 6.41. The van der Waals surface area contributed by atoms with E-state index in [9.17, 15) is 0 Å². The molecule has 0 saturated carbocycles. The van der Waals surface area contributed by atoms with Gasteiger partial charge in [-0.25, -0.2) is 12.4 Å². The van der Waals surface area contributed by atoms with E-state index in [1.165, 1.54) is 0 Å². The van der Waals surface area contributed by atoms with Crippen LogP contribution in [-0.4, -0.2) is 173 Å². The van der Waals surface area contributed by atoms with Gasteiger partial charge in [0.25, 0.3) is 0 Å². The Kier molecular flexibility index (Phi) is 50.3. The van der Waals surface area contributed by atoms with Gasteiger partial charge in [-0.1, -0.05) is 27.7 Å². The van der Waals surface area contributed by atoms with E-state index in [-0.39, 0.29) is 37.7 Å². The topological polar surface area (TPSA) is 145 Å². The van der Waals surface area contributed by atoms with Gasteiger partial charge in [-0.05, 0) is 66.2 Å². The largest absolute Gasteiger partial charge is 1.00 e. The second kappa shape index (κ2) is 45.4. The van der Waals surface area contributed by atoms with Crippen LogP contribution in [0.3, 0.4) is 0 Å². The molecular weight excluding hydrogens is 799 g/mol. The summed E-state index contributed by atoms with van der Waals surface area (Å²) in [5, 5.41) is 8.24. The Hall–Kier alpha value is -0.171. The van der Waals surface area contributed by atoms with Crippen molar-refractivity contribution in [3.63, 3.8) is 0 Å². The summed E-state index contributed by atoms with van der Waals surface area (Å²) in [6, 6.07) is 1.40. The van der Waals surface area contributed by atoms with E-state index in [2.05, 4.69) is 59.9 Å². The van der Waals surface area contributed by atoms with Crippen LogP contribution in [0.15, 0.2) is 24.8 Å². The maximum atomic E-state index is 6.41. The summed E-state index contributed by atoms with van der Waals surface area (Å²) >= 11 is 0. The average Bonchev–Trinajstić information content (AvgIpc) is 3.57. The number of nitrogens with zero attached hydrogens (tertiary/aromatic N) is 4. The molecular formula is C40H86Li2N4O12Si2. The molecule has 0 aromatic carbocycles. The van der Waals surface area contributed by atoms with Gasteiger partial charge in [0.1, 0.15) is 0 Å². The molecule has 0 bridgehead atoms. The van der Waals surface area contributed by atoms with E-state index in [0.717, 1.165) is 38.5 Å². The Balaban J connectivity index is -0.000000416. The van der Waals surface area contributed by atoms with Crippen LogP contribution in [0.1, 0.15) is 93.9 Å². The van der Waals surface area contributed by atoms with Gasteiger partial charge in [0, 0.05) is 146 Å². The van der Waals surface area contributed by atoms with Crippen LogP contribution >= 0.6 is 0 Å². The summed E-state index contributed by atoms with van der Waals surface area (Å²) in [4.78, 5) is 0. The quantitative estimate of drug-likeness (QED) is 0.0655. The van der Waals surface area contributed by atoms with Gasteiger partial charge in [-0.15, -0.1) is 12.1 Å². The number of hydrogen-bond donors (Lipinski definition) is 0. The van der Waals surface area contributed by atoms with Crippen molar-refractivity contribution in [3.05, 3.63) is 35.4 Å². The molecule has 1 aliphatic rings. The fourth-order valence-electron chi connectivity index (χ4n) is 4.89. The molecule has 1 heterocycles. The van der Waals surface area contributed by atoms with Gasteiger partial charge in [0.2, 0.25) is 0 Å². The zero-order chi connectivity index (χ0) is 43.9. The predicted molar refractivity (Wildman–Crippen MR) is 235 cm³/mol. The number of rotatable bonds is 36. The Morgan fingerprint density at radius 3 is 0.900 bits per heavy atom. The zero-order valence-electron chi connectivity index (χ0n) is 41.0. The van der Waals surface area contributed by atoms with Crippen LogP contribution in [0.25, 0.3) is 10.6 Å². The summed E-state index contributed by atoms with van der Waals surface area (Å²) in [6.45, 7) is 23.8. The van der Waals surface area contributed by atoms with E-state index in [1.807, 2.05) is 27.7 Å². The molecule has 60 heavy (non-hydrogen) atoms. The SMILES string of the molecule is CC(C)[N-]/C=C\[N-]C(C)C.COCCCO[Si](OCCCOC)(OCCCOC)OCCCOC.COCCCO[Si]1(OCCCOC)N(C(C)C)C=CN1C(C)C.[Li+].[Li+]. The molecule has 20 heteroatoms. The summed E-state index contributed by atoms with van der Waals surface area (Å²) in [6.07, 6.45) is 12.5. The van der Waals surface area contributed by atoms with Gasteiger partial charge in [-0.3, -0.25) is 0 Å². The van der Waals surface area contributed by atoms with Crippen molar-refractivity contribution < 1.29 is 92.7 Å². The molecule has 348 valence electrons. The van der Waals surface area contributed by atoms with Crippen LogP contribution in [0.5, 0.6) is 0 Å². The Labute approximate surface area is 393 Å². The zero-order valence-corrected chi connectivity index (χ0v) is 43.0. The Bertz CT molecular complexity index is 857. The summed E-state index contributed by atoms with van der Waals surface area (Å²) in [5.41, 5.74) is 0. The molecule has 0 aliphatic carbocycles. The van der Waals surface area contributed by atoms with Crippen molar-refractivity contribution in [1.82, 2.24) is 9.13 Å². The van der Waals surface area contributed by atoms with Crippen molar-refractivity contribution in [2.24, 2.45) is 0 Å². The molecule has 0 amide bonds. The second-order valence-electron chi connectivity index (χ2n) is 14.3. The third kappa shape index (κ3) is 34.3. The molecule has 0 aromatic heterocycles. The molecule has 1 aliphatic heterocycles.